The Kier molecular flexibility index (Phi) is 3.63. The van der Waals surface area contributed by atoms with Crippen molar-refractivity contribution in [2.75, 3.05) is 11.9 Å². The van der Waals surface area contributed by atoms with Gasteiger partial charge in [-0.05, 0) is 38.5 Å². The van der Waals surface area contributed by atoms with Gasteiger partial charge >= 0.3 is 0 Å². The van der Waals surface area contributed by atoms with Gasteiger partial charge < -0.3 is 11.1 Å². The molecule has 0 heterocycles. The van der Waals surface area contributed by atoms with Crippen LogP contribution in [-0.4, -0.2) is 12.1 Å². The molecule has 0 aromatic heterocycles. The first-order chi connectivity index (χ1) is 6.88. The molecule has 3 N–H and O–H groups in total. The van der Waals surface area contributed by atoms with Gasteiger partial charge in [-0.2, -0.15) is 0 Å². The van der Waals surface area contributed by atoms with Crippen LogP contribution in [0.1, 0.15) is 20.3 Å². The first-order valence-electron chi connectivity index (χ1n) is 4.86. The van der Waals surface area contributed by atoms with Gasteiger partial charge in [0.05, 0.1) is 5.69 Å². The molecule has 0 amide bonds. The molecule has 84 valence electrons. The zero-order chi connectivity index (χ0) is 11.5. The molecule has 1 rings (SSSR count). The summed E-state index contributed by atoms with van der Waals surface area (Å²) in [5, 5.41) is 2.82. The fourth-order valence-corrected chi connectivity index (χ4v) is 1.15. The van der Waals surface area contributed by atoms with Gasteiger partial charge in [-0.1, -0.05) is 0 Å². The Labute approximate surface area is 88.5 Å². The summed E-state index contributed by atoms with van der Waals surface area (Å²) >= 11 is 0. The van der Waals surface area contributed by atoms with Crippen LogP contribution in [0.25, 0.3) is 0 Å². The van der Waals surface area contributed by atoms with Crippen molar-refractivity contribution in [3.05, 3.63) is 29.8 Å². The number of nitrogens with two attached hydrogens (primary N) is 1. The normalized spacial score (nSPS) is 11.5. The fraction of sp³-hybridized carbons (Fsp3) is 0.455. The van der Waals surface area contributed by atoms with E-state index in [0.29, 0.717) is 13.0 Å². The summed E-state index contributed by atoms with van der Waals surface area (Å²) in [6.07, 6.45) is 0.683. The Morgan fingerprint density at radius 1 is 1.33 bits per heavy atom. The van der Waals surface area contributed by atoms with E-state index in [1.54, 1.807) is 0 Å². The molecule has 4 heteroatoms. The van der Waals surface area contributed by atoms with Crippen molar-refractivity contribution in [1.29, 1.82) is 0 Å². The zero-order valence-corrected chi connectivity index (χ0v) is 8.98. The fourth-order valence-electron chi connectivity index (χ4n) is 1.15. The van der Waals surface area contributed by atoms with Crippen molar-refractivity contribution in [2.24, 2.45) is 5.73 Å². The maximum Gasteiger partial charge on any atom is 0.146 e. The van der Waals surface area contributed by atoms with E-state index in [2.05, 4.69) is 5.32 Å². The Bertz CT molecular complexity index is 332. The largest absolute Gasteiger partial charge is 0.383 e. The number of halogens is 2. The Hall–Kier alpha value is -1.16. The van der Waals surface area contributed by atoms with Crippen molar-refractivity contribution in [1.82, 2.24) is 0 Å². The molecule has 0 fully saturated rings. The van der Waals surface area contributed by atoms with Gasteiger partial charge in [0.2, 0.25) is 0 Å². The highest BCUT2D eigenvalue weighted by atomic mass is 19.1. The van der Waals surface area contributed by atoms with Crippen LogP contribution >= 0.6 is 0 Å². The minimum Gasteiger partial charge on any atom is -0.383 e. The minimum atomic E-state index is -0.453. The smallest absolute Gasteiger partial charge is 0.146 e. The molecule has 0 aliphatic carbocycles. The van der Waals surface area contributed by atoms with Gasteiger partial charge in [0.1, 0.15) is 11.6 Å². The Morgan fingerprint density at radius 3 is 2.60 bits per heavy atom. The molecule has 0 saturated heterocycles. The van der Waals surface area contributed by atoms with Gasteiger partial charge in [0.25, 0.3) is 0 Å². The summed E-state index contributed by atoms with van der Waals surface area (Å²) in [5.74, 6) is -0.905. The van der Waals surface area contributed by atoms with Crippen LogP contribution in [0.3, 0.4) is 0 Å². The molecule has 0 unspecified atom stereocenters. The van der Waals surface area contributed by atoms with Crippen LogP contribution in [0.4, 0.5) is 14.5 Å². The molecule has 0 aliphatic heterocycles. The van der Waals surface area contributed by atoms with Crippen molar-refractivity contribution in [3.63, 3.8) is 0 Å². The first-order valence-corrected chi connectivity index (χ1v) is 4.86. The summed E-state index contributed by atoms with van der Waals surface area (Å²) < 4.78 is 25.9. The maximum atomic E-state index is 13.1. The third-order valence-corrected chi connectivity index (χ3v) is 2.01. The van der Waals surface area contributed by atoms with Crippen LogP contribution in [0, 0.1) is 11.6 Å². The average Bonchev–Trinajstić information content (AvgIpc) is 2.09. The molecule has 0 spiro atoms. The first kappa shape index (κ1) is 11.9. The Balaban J connectivity index is 2.54. The Morgan fingerprint density at radius 2 is 2.00 bits per heavy atom. The van der Waals surface area contributed by atoms with Crippen molar-refractivity contribution in [3.8, 4) is 0 Å². The summed E-state index contributed by atoms with van der Waals surface area (Å²) in [4.78, 5) is 0. The van der Waals surface area contributed by atoms with E-state index < -0.39 is 11.6 Å². The summed E-state index contributed by atoms with van der Waals surface area (Å²) in [7, 11) is 0. The number of hydrogen-bond donors (Lipinski definition) is 2. The SMILES string of the molecule is CC(C)(N)CCNc1cc(F)ccc1F. The average molecular weight is 214 g/mol. The number of nitrogens with one attached hydrogen (secondary N) is 1. The second kappa shape index (κ2) is 4.57. The second-order valence-electron chi connectivity index (χ2n) is 4.29. The molecule has 1 aromatic rings. The quantitative estimate of drug-likeness (QED) is 0.808. The molecule has 2 nitrogen and oxygen atoms in total. The molecule has 0 saturated carbocycles. The molecular weight excluding hydrogens is 198 g/mol. The van der Waals surface area contributed by atoms with Crippen LogP contribution in [0.15, 0.2) is 18.2 Å². The lowest BCUT2D eigenvalue weighted by atomic mass is 10.0. The highest BCUT2D eigenvalue weighted by Gasteiger charge is 2.10. The van der Waals surface area contributed by atoms with Gasteiger partial charge in [-0.3, -0.25) is 0 Å². The van der Waals surface area contributed by atoms with E-state index in [4.69, 9.17) is 5.73 Å². The van der Waals surface area contributed by atoms with E-state index in [0.717, 1.165) is 18.2 Å². The summed E-state index contributed by atoms with van der Waals surface area (Å²) in [6, 6.07) is 3.33. The molecule has 0 radical (unpaired) electrons. The number of hydrogen-bond acceptors (Lipinski definition) is 2. The van der Waals surface area contributed by atoms with Crippen molar-refractivity contribution in [2.45, 2.75) is 25.8 Å². The van der Waals surface area contributed by atoms with E-state index in [9.17, 15) is 8.78 Å². The molecule has 0 bridgehead atoms. The highest BCUT2D eigenvalue weighted by Crippen LogP contribution is 2.15. The summed E-state index contributed by atoms with van der Waals surface area (Å²) in [5.41, 5.74) is 5.63. The van der Waals surface area contributed by atoms with Gasteiger partial charge in [-0.15, -0.1) is 0 Å². The van der Waals surface area contributed by atoms with Gasteiger partial charge in [0, 0.05) is 12.1 Å². The second-order valence-corrected chi connectivity index (χ2v) is 4.29. The monoisotopic (exact) mass is 214 g/mol. The van der Waals surface area contributed by atoms with E-state index in [1.807, 2.05) is 13.8 Å². The van der Waals surface area contributed by atoms with Crippen molar-refractivity contribution >= 4 is 5.69 Å². The lowest BCUT2D eigenvalue weighted by Gasteiger charge is -2.18. The third kappa shape index (κ3) is 4.25. The number of anilines is 1. The predicted octanol–water partition coefficient (Wildman–Crippen LogP) is 2.50. The topological polar surface area (TPSA) is 38.0 Å². The minimum absolute atomic E-state index is 0.180. The number of rotatable bonds is 4. The van der Waals surface area contributed by atoms with Crippen LogP contribution < -0.4 is 11.1 Å². The standard InChI is InChI=1S/C11H16F2N2/c1-11(2,14)5-6-15-10-7-8(12)3-4-9(10)13/h3-4,7,15H,5-6,14H2,1-2H3. The van der Waals surface area contributed by atoms with Crippen LogP contribution in [0.5, 0.6) is 0 Å². The van der Waals surface area contributed by atoms with E-state index in [-0.39, 0.29) is 11.2 Å². The van der Waals surface area contributed by atoms with Crippen LogP contribution in [0.2, 0.25) is 0 Å². The van der Waals surface area contributed by atoms with Crippen LogP contribution in [-0.2, 0) is 0 Å². The molecule has 1 aromatic carbocycles. The summed E-state index contributed by atoms with van der Waals surface area (Å²) in [6.45, 7) is 4.29. The molecule has 0 atom stereocenters. The van der Waals surface area contributed by atoms with Gasteiger partial charge in [-0.25, -0.2) is 8.78 Å². The highest BCUT2D eigenvalue weighted by molar-refractivity contribution is 5.44. The molecule has 15 heavy (non-hydrogen) atoms. The third-order valence-electron chi connectivity index (χ3n) is 2.01. The zero-order valence-electron chi connectivity index (χ0n) is 8.98. The lowest BCUT2D eigenvalue weighted by molar-refractivity contribution is 0.490. The molecule has 0 aliphatic rings. The predicted molar refractivity (Wildman–Crippen MR) is 57.7 cm³/mol. The van der Waals surface area contributed by atoms with E-state index >= 15 is 0 Å². The lowest BCUT2D eigenvalue weighted by Crippen LogP contribution is -2.34. The van der Waals surface area contributed by atoms with Crippen molar-refractivity contribution < 1.29 is 8.78 Å². The van der Waals surface area contributed by atoms with Gasteiger partial charge in [0.15, 0.2) is 0 Å². The van der Waals surface area contributed by atoms with E-state index in [1.165, 1.54) is 0 Å². The maximum absolute atomic E-state index is 13.1. The molecular formula is C11H16F2N2. The number of benzene rings is 1.